The first-order valence-electron chi connectivity index (χ1n) is 5.49. The predicted octanol–water partition coefficient (Wildman–Crippen LogP) is 4.19. The maximum absolute atomic E-state index is 4.42. The van der Waals surface area contributed by atoms with Crippen molar-refractivity contribution < 1.29 is 0 Å². The highest BCUT2D eigenvalue weighted by molar-refractivity contribution is 7.80. The molecule has 0 aliphatic heterocycles. The Kier molecular flexibility index (Phi) is 3.55. The Hall–Kier alpha value is -0.430. The molecule has 0 bridgehead atoms. The Bertz CT molecular complexity index is 331. The molecular formula is C14H22S. The minimum atomic E-state index is 0.157. The van der Waals surface area contributed by atoms with Crippen molar-refractivity contribution in [1.82, 2.24) is 0 Å². The van der Waals surface area contributed by atoms with Crippen LogP contribution in [0, 0.1) is 0 Å². The van der Waals surface area contributed by atoms with Crippen molar-refractivity contribution in [3.63, 3.8) is 0 Å². The molecule has 0 atom stereocenters. The molecule has 1 rings (SSSR count). The third kappa shape index (κ3) is 3.01. The van der Waals surface area contributed by atoms with Gasteiger partial charge >= 0.3 is 0 Å². The largest absolute Gasteiger partial charge is 0.178 e. The molecule has 0 spiro atoms. The number of benzene rings is 1. The summed E-state index contributed by atoms with van der Waals surface area (Å²) in [5.74, 6) is 0.876. The SMILES string of the molecule is CC(C)(C)c1cccc(C(C)(C)CS)c1. The molecule has 0 heterocycles. The standard InChI is InChI=1S/C14H22S/c1-13(2,3)11-7-6-8-12(9-11)14(4,5)10-15/h6-9,15H,10H2,1-5H3. The van der Waals surface area contributed by atoms with E-state index in [4.69, 9.17) is 0 Å². The van der Waals surface area contributed by atoms with Crippen LogP contribution in [0.3, 0.4) is 0 Å². The molecular weight excluding hydrogens is 200 g/mol. The van der Waals surface area contributed by atoms with Crippen LogP contribution < -0.4 is 0 Å². The van der Waals surface area contributed by atoms with Gasteiger partial charge in [0.1, 0.15) is 0 Å². The Labute approximate surface area is 99.5 Å². The second-order valence-corrected chi connectivity index (χ2v) is 6.19. The summed E-state index contributed by atoms with van der Waals surface area (Å²) in [6.07, 6.45) is 0. The zero-order valence-electron chi connectivity index (χ0n) is 10.5. The summed E-state index contributed by atoms with van der Waals surface area (Å²) in [6.45, 7) is 11.2. The van der Waals surface area contributed by atoms with E-state index in [1.54, 1.807) is 0 Å². The molecule has 1 aromatic carbocycles. The van der Waals surface area contributed by atoms with Crippen molar-refractivity contribution in [3.8, 4) is 0 Å². The summed E-state index contributed by atoms with van der Waals surface area (Å²) in [7, 11) is 0. The van der Waals surface area contributed by atoms with Crippen LogP contribution in [0.15, 0.2) is 24.3 Å². The fourth-order valence-corrected chi connectivity index (χ4v) is 1.68. The summed E-state index contributed by atoms with van der Waals surface area (Å²) in [5, 5.41) is 0. The van der Waals surface area contributed by atoms with E-state index in [1.165, 1.54) is 11.1 Å². The molecule has 0 aliphatic carbocycles. The third-order valence-electron chi connectivity index (χ3n) is 2.91. The highest BCUT2D eigenvalue weighted by Gasteiger charge is 2.21. The van der Waals surface area contributed by atoms with E-state index in [2.05, 4.69) is 71.5 Å². The van der Waals surface area contributed by atoms with Crippen molar-refractivity contribution in [3.05, 3.63) is 35.4 Å². The highest BCUT2D eigenvalue weighted by Crippen LogP contribution is 2.29. The zero-order chi connectivity index (χ0) is 11.7. The molecule has 0 amide bonds. The summed E-state index contributed by atoms with van der Waals surface area (Å²) >= 11 is 4.42. The highest BCUT2D eigenvalue weighted by atomic mass is 32.1. The smallest absolute Gasteiger partial charge is 0.000583 e. The molecule has 0 aliphatic rings. The molecule has 0 nitrogen and oxygen atoms in total. The van der Waals surface area contributed by atoms with E-state index in [9.17, 15) is 0 Å². The maximum atomic E-state index is 4.42. The monoisotopic (exact) mass is 222 g/mol. The Morgan fingerprint density at radius 3 is 2.00 bits per heavy atom. The molecule has 0 saturated carbocycles. The lowest BCUT2D eigenvalue weighted by atomic mass is 9.81. The minimum Gasteiger partial charge on any atom is -0.178 e. The first-order valence-corrected chi connectivity index (χ1v) is 6.12. The molecule has 0 aromatic heterocycles. The van der Waals surface area contributed by atoms with Gasteiger partial charge in [0.05, 0.1) is 0 Å². The Morgan fingerprint density at radius 2 is 1.53 bits per heavy atom. The Balaban J connectivity index is 3.14. The first kappa shape index (κ1) is 12.6. The number of rotatable bonds is 2. The van der Waals surface area contributed by atoms with Gasteiger partial charge < -0.3 is 0 Å². The molecule has 0 unspecified atom stereocenters. The van der Waals surface area contributed by atoms with Crippen molar-refractivity contribution >= 4 is 12.6 Å². The van der Waals surface area contributed by atoms with E-state index < -0.39 is 0 Å². The van der Waals surface area contributed by atoms with Crippen molar-refractivity contribution in [2.45, 2.75) is 45.4 Å². The van der Waals surface area contributed by atoms with Crippen LogP contribution in [0.2, 0.25) is 0 Å². The van der Waals surface area contributed by atoms with E-state index >= 15 is 0 Å². The van der Waals surface area contributed by atoms with E-state index in [0.717, 1.165) is 5.75 Å². The topological polar surface area (TPSA) is 0 Å². The van der Waals surface area contributed by atoms with Gasteiger partial charge in [0, 0.05) is 0 Å². The van der Waals surface area contributed by atoms with Gasteiger partial charge in [0.25, 0.3) is 0 Å². The lowest BCUT2D eigenvalue weighted by molar-refractivity contribution is 0.574. The van der Waals surface area contributed by atoms with Crippen LogP contribution in [0.5, 0.6) is 0 Å². The van der Waals surface area contributed by atoms with Crippen LogP contribution >= 0.6 is 12.6 Å². The fraction of sp³-hybridized carbons (Fsp3) is 0.571. The molecule has 15 heavy (non-hydrogen) atoms. The van der Waals surface area contributed by atoms with Crippen LogP contribution in [-0.4, -0.2) is 5.75 Å². The minimum absolute atomic E-state index is 0.157. The molecule has 0 radical (unpaired) electrons. The van der Waals surface area contributed by atoms with E-state index in [1.807, 2.05) is 0 Å². The van der Waals surface area contributed by atoms with Gasteiger partial charge in [-0.3, -0.25) is 0 Å². The molecule has 0 N–H and O–H groups in total. The van der Waals surface area contributed by atoms with Gasteiger partial charge in [-0.2, -0.15) is 12.6 Å². The van der Waals surface area contributed by atoms with Crippen molar-refractivity contribution in [1.29, 1.82) is 0 Å². The number of hydrogen-bond acceptors (Lipinski definition) is 1. The van der Waals surface area contributed by atoms with Gasteiger partial charge in [-0.1, -0.05) is 58.9 Å². The molecule has 84 valence electrons. The van der Waals surface area contributed by atoms with Gasteiger partial charge in [-0.05, 0) is 27.7 Å². The molecule has 0 fully saturated rings. The Morgan fingerprint density at radius 1 is 1.00 bits per heavy atom. The lowest BCUT2D eigenvalue weighted by Crippen LogP contribution is -2.20. The summed E-state index contributed by atoms with van der Waals surface area (Å²) in [4.78, 5) is 0. The fourth-order valence-electron chi connectivity index (χ4n) is 1.50. The average molecular weight is 222 g/mol. The van der Waals surface area contributed by atoms with Crippen molar-refractivity contribution in [2.24, 2.45) is 0 Å². The quantitative estimate of drug-likeness (QED) is 0.713. The first-order chi connectivity index (χ1) is 6.77. The summed E-state index contributed by atoms with van der Waals surface area (Å²) in [6, 6.07) is 8.88. The van der Waals surface area contributed by atoms with Crippen LogP contribution in [0.4, 0.5) is 0 Å². The van der Waals surface area contributed by atoms with E-state index in [-0.39, 0.29) is 10.8 Å². The van der Waals surface area contributed by atoms with Gasteiger partial charge in [-0.25, -0.2) is 0 Å². The average Bonchev–Trinajstić information content (AvgIpc) is 2.17. The third-order valence-corrected chi connectivity index (χ3v) is 3.70. The maximum Gasteiger partial charge on any atom is -0.000583 e. The second kappa shape index (κ2) is 4.21. The number of thiol groups is 1. The molecule has 1 heteroatoms. The van der Waals surface area contributed by atoms with Crippen LogP contribution in [0.25, 0.3) is 0 Å². The van der Waals surface area contributed by atoms with Crippen LogP contribution in [0.1, 0.15) is 45.7 Å². The van der Waals surface area contributed by atoms with Gasteiger partial charge in [0.15, 0.2) is 0 Å². The summed E-state index contributed by atoms with van der Waals surface area (Å²) in [5.41, 5.74) is 3.16. The van der Waals surface area contributed by atoms with Crippen LogP contribution in [-0.2, 0) is 10.8 Å². The van der Waals surface area contributed by atoms with Gasteiger partial charge in [0.2, 0.25) is 0 Å². The molecule has 0 saturated heterocycles. The van der Waals surface area contributed by atoms with Crippen molar-refractivity contribution in [2.75, 3.05) is 5.75 Å². The zero-order valence-corrected chi connectivity index (χ0v) is 11.4. The van der Waals surface area contributed by atoms with Gasteiger partial charge in [-0.15, -0.1) is 0 Å². The van der Waals surface area contributed by atoms with E-state index in [0.29, 0.717) is 0 Å². The summed E-state index contributed by atoms with van der Waals surface area (Å²) < 4.78 is 0. The molecule has 1 aromatic rings. The normalized spacial score (nSPS) is 12.9. The second-order valence-electron chi connectivity index (χ2n) is 5.87. The number of hydrogen-bond donors (Lipinski definition) is 1. The lowest BCUT2D eigenvalue weighted by Gasteiger charge is -2.26. The predicted molar refractivity (Wildman–Crippen MR) is 72.0 cm³/mol.